The van der Waals surface area contributed by atoms with Crippen molar-refractivity contribution in [2.24, 2.45) is 0 Å². The molecule has 6 heteroatoms. The molecule has 0 fully saturated rings. The lowest BCUT2D eigenvalue weighted by Crippen LogP contribution is -2.17. The molecule has 0 spiro atoms. The first-order chi connectivity index (χ1) is 7.83. The molecule has 17 heavy (non-hydrogen) atoms. The molecular formula is C11H11F3O3. The second kappa shape index (κ2) is 5.07. The predicted molar refractivity (Wildman–Crippen MR) is 53.8 cm³/mol. The Hall–Kier alpha value is -1.72. The van der Waals surface area contributed by atoms with Gasteiger partial charge in [-0.15, -0.1) is 13.2 Å². The summed E-state index contributed by atoms with van der Waals surface area (Å²) in [5, 5.41) is 0. The van der Waals surface area contributed by atoms with Gasteiger partial charge < -0.3 is 9.47 Å². The lowest BCUT2D eigenvalue weighted by atomic mass is 10.1. The van der Waals surface area contributed by atoms with E-state index < -0.39 is 18.1 Å². The van der Waals surface area contributed by atoms with Crippen LogP contribution in [0.5, 0.6) is 5.75 Å². The minimum Gasteiger partial charge on any atom is -0.462 e. The van der Waals surface area contributed by atoms with Crippen molar-refractivity contribution in [3.05, 3.63) is 29.3 Å². The van der Waals surface area contributed by atoms with E-state index in [9.17, 15) is 18.0 Å². The van der Waals surface area contributed by atoms with Crippen LogP contribution in [0.25, 0.3) is 0 Å². The van der Waals surface area contributed by atoms with Gasteiger partial charge >= 0.3 is 12.3 Å². The van der Waals surface area contributed by atoms with E-state index in [2.05, 4.69) is 4.74 Å². The van der Waals surface area contributed by atoms with Crippen molar-refractivity contribution in [1.29, 1.82) is 0 Å². The van der Waals surface area contributed by atoms with Gasteiger partial charge in [0.2, 0.25) is 0 Å². The number of halogens is 3. The van der Waals surface area contributed by atoms with Gasteiger partial charge in [-0.3, -0.25) is 0 Å². The molecule has 0 radical (unpaired) electrons. The van der Waals surface area contributed by atoms with Gasteiger partial charge in [-0.2, -0.15) is 0 Å². The van der Waals surface area contributed by atoms with Gasteiger partial charge in [-0.05, 0) is 31.5 Å². The molecule has 0 aromatic heterocycles. The second-order valence-corrected chi connectivity index (χ2v) is 3.25. The summed E-state index contributed by atoms with van der Waals surface area (Å²) in [7, 11) is 0. The molecule has 0 amide bonds. The highest BCUT2D eigenvalue weighted by Gasteiger charge is 2.31. The third kappa shape index (κ3) is 3.97. The zero-order valence-electron chi connectivity index (χ0n) is 9.30. The summed E-state index contributed by atoms with van der Waals surface area (Å²) in [6, 6.07) is 3.53. The number of carbonyl (C=O) groups is 1. The first-order valence-corrected chi connectivity index (χ1v) is 4.87. The van der Waals surface area contributed by atoms with Crippen LogP contribution >= 0.6 is 0 Å². The van der Waals surface area contributed by atoms with Crippen molar-refractivity contribution < 1.29 is 27.4 Å². The van der Waals surface area contributed by atoms with Crippen LogP contribution in [0, 0.1) is 6.92 Å². The third-order valence-electron chi connectivity index (χ3n) is 1.94. The summed E-state index contributed by atoms with van der Waals surface area (Å²) in [4.78, 5) is 11.4. The van der Waals surface area contributed by atoms with Crippen LogP contribution in [0.3, 0.4) is 0 Å². The van der Waals surface area contributed by atoms with Gasteiger partial charge in [0.15, 0.2) is 0 Å². The highest BCUT2D eigenvalue weighted by atomic mass is 19.4. The van der Waals surface area contributed by atoms with Gasteiger partial charge in [0.05, 0.1) is 12.2 Å². The average molecular weight is 248 g/mol. The van der Waals surface area contributed by atoms with Crippen LogP contribution in [-0.4, -0.2) is 18.9 Å². The van der Waals surface area contributed by atoms with E-state index in [-0.39, 0.29) is 12.2 Å². The molecule has 3 nitrogen and oxygen atoms in total. The Labute approximate surface area is 96.1 Å². The fourth-order valence-corrected chi connectivity index (χ4v) is 1.23. The summed E-state index contributed by atoms with van der Waals surface area (Å²) >= 11 is 0. The quantitative estimate of drug-likeness (QED) is 0.771. The van der Waals surface area contributed by atoms with Gasteiger partial charge in [0.25, 0.3) is 0 Å². The Morgan fingerprint density at radius 2 is 2.00 bits per heavy atom. The number of hydrogen-bond donors (Lipinski definition) is 0. The molecule has 0 heterocycles. The normalized spacial score (nSPS) is 11.1. The number of rotatable bonds is 3. The van der Waals surface area contributed by atoms with Crippen molar-refractivity contribution in [3.63, 3.8) is 0 Å². The van der Waals surface area contributed by atoms with Gasteiger partial charge in [-0.1, -0.05) is 6.07 Å². The molecule has 1 rings (SSSR count). The number of esters is 1. The fraction of sp³-hybridized carbons (Fsp3) is 0.364. The van der Waals surface area contributed by atoms with Crippen molar-refractivity contribution in [2.75, 3.05) is 6.61 Å². The Balaban J connectivity index is 2.98. The number of ether oxygens (including phenoxy) is 2. The standard InChI is InChI=1S/C11H11F3O3/c1-3-16-10(15)9-6-8(5-4-7(9)2)17-11(12,13)14/h4-6H,3H2,1-2H3. The SMILES string of the molecule is CCOC(=O)c1cc(OC(F)(F)F)ccc1C. The fourth-order valence-electron chi connectivity index (χ4n) is 1.23. The third-order valence-corrected chi connectivity index (χ3v) is 1.94. The van der Waals surface area contributed by atoms with Crippen LogP contribution in [-0.2, 0) is 4.74 Å². The molecule has 0 aliphatic rings. The molecule has 0 aliphatic heterocycles. The molecular weight excluding hydrogens is 237 g/mol. The summed E-state index contributed by atoms with van der Waals surface area (Å²) in [5.74, 6) is -1.11. The Morgan fingerprint density at radius 1 is 1.35 bits per heavy atom. The smallest absolute Gasteiger partial charge is 0.462 e. The van der Waals surface area contributed by atoms with Crippen LogP contribution in [0.15, 0.2) is 18.2 Å². The molecule has 0 N–H and O–H groups in total. The van der Waals surface area contributed by atoms with Crippen molar-refractivity contribution in [3.8, 4) is 5.75 Å². The molecule has 1 aromatic carbocycles. The lowest BCUT2D eigenvalue weighted by Gasteiger charge is -2.11. The van der Waals surface area contributed by atoms with E-state index in [0.29, 0.717) is 5.56 Å². The highest BCUT2D eigenvalue weighted by Crippen LogP contribution is 2.25. The van der Waals surface area contributed by atoms with Crippen molar-refractivity contribution in [1.82, 2.24) is 0 Å². The summed E-state index contributed by atoms with van der Waals surface area (Å²) in [5.41, 5.74) is 0.589. The zero-order valence-corrected chi connectivity index (χ0v) is 9.30. The lowest BCUT2D eigenvalue weighted by molar-refractivity contribution is -0.274. The van der Waals surface area contributed by atoms with E-state index in [1.807, 2.05) is 0 Å². The largest absolute Gasteiger partial charge is 0.573 e. The molecule has 94 valence electrons. The Kier molecular flexibility index (Phi) is 3.98. The van der Waals surface area contributed by atoms with Crippen molar-refractivity contribution >= 4 is 5.97 Å². The second-order valence-electron chi connectivity index (χ2n) is 3.25. The van der Waals surface area contributed by atoms with Crippen LogP contribution in [0.2, 0.25) is 0 Å². The molecule has 0 saturated carbocycles. The highest BCUT2D eigenvalue weighted by molar-refractivity contribution is 5.91. The minimum absolute atomic E-state index is 0.0635. The summed E-state index contributed by atoms with van der Waals surface area (Å²) in [6.07, 6.45) is -4.78. The molecule has 0 saturated heterocycles. The van der Waals surface area contributed by atoms with E-state index in [1.165, 1.54) is 6.07 Å². The number of alkyl halides is 3. The number of benzene rings is 1. The maximum atomic E-state index is 12.0. The molecule has 0 unspecified atom stereocenters. The van der Waals surface area contributed by atoms with Gasteiger partial charge in [0.1, 0.15) is 5.75 Å². The number of carbonyl (C=O) groups excluding carboxylic acids is 1. The molecule has 0 atom stereocenters. The summed E-state index contributed by atoms with van der Waals surface area (Å²) < 4.78 is 44.4. The summed E-state index contributed by atoms with van der Waals surface area (Å²) in [6.45, 7) is 3.37. The number of aryl methyl sites for hydroxylation is 1. The Morgan fingerprint density at radius 3 is 2.53 bits per heavy atom. The van der Waals surface area contributed by atoms with Crippen LogP contribution in [0.4, 0.5) is 13.2 Å². The maximum Gasteiger partial charge on any atom is 0.573 e. The van der Waals surface area contributed by atoms with E-state index >= 15 is 0 Å². The van der Waals surface area contributed by atoms with Crippen LogP contribution < -0.4 is 4.74 Å². The number of hydrogen-bond acceptors (Lipinski definition) is 3. The Bertz CT molecular complexity index is 413. The van der Waals surface area contributed by atoms with Gasteiger partial charge in [0, 0.05) is 0 Å². The van der Waals surface area contributed by atoms with E-state index in [4.69, 9.17) is 4.74 Å². The topological polar surface area (TPSA) is 35.5 Å². The molecule has 0 bridgehead atoms. The average Bonchev–Trinajstić information content (AvgIpc) is 2.19. The first kappa shape index (κ1) is 13.3. The minimum atomic E-state index is -4.78. The van der Waals surface area contributed by atoms with Crippen molar-refractivity contribution in [2.45, 2.75) is 20.2 Å². The predicted octanol–water partition coefficient (Wildman–Crippen LogP) is 3.07. The van der Waals surface area contributed by atoms with E-state index in [1.54, 1.807) is 13.8 Å². The zero-order chi connectivity index (χ0) is 13.1. The first-order valence-electron chi connectivity index (χ1n) is 4.87. The monoisotopic (exact) mass is 248 g/mol. The maximum absolute atomic E-state index is 12.0. The molecule has 1 aromatic rings. The van der Waals surface area contributed by atoms with Crippen LogP contribution in [0.1, 0.15) is 22.8 Å². The van der Waals surface area contributed by atoms with E-state index in [0.717, 1.165) is 12.1 Å². The van der Waals surface area contributed by atoms with Gasteiger partial charge in [-0.25, -0.2) is 4.79 Å². The molecule has 0 aliphatic carbocycles.